The fourth-order valence-corrected chi connectivity index (χ4v) is 1.84. The molecule has 19 heavy (non-hydrogen) atoms. The van der Waals surface area contributed by atoms with E-state index in [1.807, 2.05) is 19.1 Å². The molecule has 0 saturated carbocycles. The lowest BCUT2D eigenvalue weighted by Gasteiger charge is -2.21. The number of hydrogen-bond acceptors (Lipinski definition) is 4. The zero-order chi connectivity index (χ0) is 13.0. The summed E-state index contributed by atoms with van der Waals surface area (Å²) in [5.41, 5.74) is 6.38. The summed E-state index contributed by atoms with van der Waals surface area (Å²) in [5.74, 6) is 1.04. The highest BCUT2D eigenvalue weighted by molar-refractivity contribution is 5.96. The molecule has 0 spiro atoms. The SMILES string of the molecule is CCCC(N)C(=O)Nc1cccc2c1OCCO2.Cl. The third-order valence-corrected chi connectivity index (χ3v) is 2.76. The van der Waals surface area contributed by atoms with Crippen LogP contribution >= 0.6 is 12.4 Å². The van der Waals surface area contributed by atoms with Crippen molar-refractivity contribution in [3.05, 3.63) is 18.2 Å². The molecule has 1 aromatic carbocycles. The van der Waals surface area contributed by atoms with E-state index in [0.29, 0.717) is 36.8 Å². The predicted octanol–water partition coefficient (Wildman–Crippen LogP) is 1.95. The Morgan fingerprint density at radius 1 is 1.42 bits per heavy atom. The zero-order valence-electron chi connectivity index (χ0n) is 10.8. The minimum atomic E-state index is -0.490. The molecule has 1 amide bonds. The van der Waals surface area contributed by atoms with E-state index >= 15 is 0 Å². The van der Waals surface area contributed by atoms with Gasteiger partial charge in [0.15, 0.2) is 11.5 Å². The van der Waals surface area contributed by atoms with Crippen LogP contribution < -0.4 is 20.5 Å². The van der Waals surface area contributed by atoms with Gasteiger partial charge in [-0.15, -0.1) is 12.4 Å². The molecule has 0 radical (unpaired) electrons. The minimum Gasteiger partial charge on any atom is -0.486 e. The van der Waals surface area contributed by atoms with E-state index < -0.39 is 6.04 Å². The Hall–Kier alpha value is -1.46. The van der Waals surface area contributed by atoms with Crippen LogP contribution in [0, 0.1) is 0 Å². The lowest BCUT2D eigenvalue weighted by Crippen LogP contribution is -2.35. The van der Waals surface area contributed by atoms with Gasteiger partial charge in [-0.1, -0.05) is 19.4 Å². The highest BCUT2D eigenvalue weighted by atomic mass is 35.5. The van der Waals surface area contributed by atoms with Gasteiger partial charge in [0.1, 0.15) is 13.2 Å². The van der Waals surface area contributed by atoms with Crippen molar-refractivity contribution < 1.29 is 14.3 Å². The number of nitrogens with one attached hydrogen (secondary N) is 1. The van der Waals surface area contributed by atoms with Gasteiger partial charge in [-0.3, -0.25) is 4.79 Å². The van der Waals surface area contributed by atoms with Crippen LogP contribution in [0.5, 0.6) is 11.5 Å². The van der Waals surface area contributed by atoms with Gasteiger partial charge in [-0.05, 0) is 18.6 Å². The van der Waals surface area contributed by atoms with E-state index in [-0.39, 0.29) is 18.3 Å². The second-order valence-corrected chi connectivity index (χ2v) is 4.21. The van der Waals surface area contributed by atoms with E-state index in [2.05, 4.69) is 5.32 Å². The van der Waals surface area contributed by atoms with Crippen LogP contribution in [0.15, 0.2) is 18.2 Å². The Bertz CT molecular complexity index is 440. The monoisotopic (exact) mass is 286 g/mol. The molecular formula is C13H19ClN2O3. The van der Waals surface area contributed by atoms with Crippen LogP contribution in [0.25, 0.3) is 0 Å². The van der Waals surface area contributed by atoms with Crippen molar-refractivity contribution in [1.82, 2.24) is 0 Å². The number of ether oxygens (including phenoxy) is 2. The van der Waals surface area contributed by atoms with Crippen LogP contribution in [-0.2, 0) is 4.79 Å². The highest BCUT2D eigenvalue weighted by Gasteiger charge is 2.19. The standard InChI is InChI=1S/C13H18N2O3.ClH/c1-2-4-9(14)13(16)15-10-5-3-6-11-12(10)18-8-7-17-11;/h3,5-6,9H,2,4,7-8,14H2,1H3,(H,15,16);1H. The summed E-state index contributed by atoms with van der Waals surface area (Å²) in [4.78, 5) is 11.9. The molecule has 6 heteroatoms. The van der Waals surface area contributed by atoms with Crippen LogP contribution in [0.2, 0.25) is 0 Å². The number of fused-ring (bicyclic) bond motifs is 1. The van der Waals surface area contributed by atoms with Gasteiger partial charge in [0.2, 0.25) is 5.91 Å². The molecule has 3 N–H and O–H groups in total. The molecule has 1 heterocycles. The van der Waals surface area contributed by atoms with E-state index in [4.69, 9.17) is 15.2 Å². The summed E-state index contributed by atoms with van der Waals surface area (Å²) >= 11 is 0. The van der Waals surface area contributed by atoms with E-state index in [9.17, 15) is 4.79 Å². The number of para-hydroxylation sites is 1. The lowest BCUT2D eigenvalue weighted by atomic mass is 10.1. The summed E-state index contributed by atoms with van der Waals surface area (Å²) in [6, 6.07) is 4.92. The van der Waals surface area contributed by atoms with Crippen molar-refractivity contribution in [3.8, 4) is 11.5 Å². The van der Waals surface area contributed by atoms with Gasteiger partial charge in [0.05, 0.1) is 11.7 Å². The molecule has 2 rings (SSSR count). The van der Waals surface area contributed by atoms with Crippen LogP contribution in [-0.4, -0.2) is 25.2 Å². The predicted molar refractivity (Wildman–Crippen MR) is 76.2 cm³/mol. The van der Waals surface area contributed by atoms with Crippen molar-refractivity contribution in [1.29, 1.82) is 0 Å². The first-order chi connectivity index (χ1) is 8.72. The van der Waals surface area contributed by atoms with Gasteiger partial charge >= 0.3 is 0 Å². The van der Waals surface area contributed by atoms with Crippen molar-refractivity contribution in [2.75, 3.05) is 18.5 Å². The lowest BCUT2D eigenvalue weighted by molar-refractivity contribution is -0.117. The van der Waals surface area contributed by atoms with Crippen molar-refractivity contribution in [3.63, 3.8) is 0 Å². The Labute approximate surface area is 118 Å². The van der Waals surface area contributed by atoms with Crippen molar-refractivity contribution in [2.45, 2.75) is 25.8 Å². The number of halogens is 1. The number of amides is 1. The van der Waals surface area contributed by atoms with Crippen LogP contribution in [0.3, 0.4) is 0 Å². The average Bonchev–Trinajstić information content (AvgIpc) is 2.39. The maximum absolute atomic E-state index is 11.9. The number of carbonyl (C=O) groups is 1. The van der Waals surface area contributed by atoms with Gasteiger partial charge in [0, 0.05) is 0 Å². The first kappa shape index (κ1) is 15.6. The third kappa shape index (κ3) is 3.75. The van der Waals surface area contributed by atoms with Gasteiger partial charge < -0.3 is 20.5 Å². The average molecular weight is 287 g/mol. The maximum atomic E-state index is 11.9. The number of carbonyl (C=O) groups excluding carboxylic acids is 1. The maximum Gasteiger partial charge on any atom is 0.241 e. The number of rotatable bonds is 4. The van der Waals surface area contributed by atoms with E-state index in [0.717, 1.165) is 6.42 Å². The molecule has 5 nitrogen and oxygen atoms in total. The van der Waals surface area contributed by atoms with Crippen molar-refractivity contribution in [2.24, 2.45) is 5.73 Å². The number of nitrogens with two attached hydrogens (primary N) is 1. The molecule has 1 aliphatic heterocycles. The number of anilines is 1. The molecule has 0 saturated heterocycles. The van der Waals surface area contributed by atoms with Crippen LogP contribution in [0.4, 0.5) is 5.69 Å². The largest absolute Gasteiger partial charge is 0.486 e. The van der Waals surface area contributed by atoms with Gasteiger partial charge in [0.25, 0.3) is 0 Å². The molecule has 1 unspecified atom stereocenters. The molecule has 0 fully saturated rings. The topological polar surface area (TPSA) is 73.6 Å². The summed E-state index contributed by atoms with van der Waals surface area (Å²) < 4.78 is 11.0. The quantitative estimate of drug-likeness (QED) is 0.887. The molecule has 1 aromatic rings. The third-order valence-electron chi connectivity index (χ3n) is 2.76. The molecular weight excluding hydrogens is 268 g/mol. The number of hydrogen-bond donors (Lipinski definition) is 2. The summed E-state index contributed by atoms with van der Waals surface area (Å²) in [5, 5.41) is 2.79. The Morgan fingerprint density at radius 3 is 2.89 bits per heavy atom. The van der Waals surface area contributed by atoms with Gasteiger partial charge in [-0.2, -0.15) is 0 Å². The molecule has 0 aromatic heterocycles. The van der Waals surface area contributed by atoms with E-state index in [1.165, 1.54) is 0 Å². The molecule has 0 bridgehead atoms. The number of benzene rings is 1. The molecule has 1 aliphatic rings. The van der Waals surface area contributed by atoms with Gasteiger partial charge in [-0.25, -0.2) is 0 Å². The van der Waals surface area contributed by atoms with Crippen molar-refractivity contribution >= 4 is 24.0 Å². The fraction of sp³-hybridized carbons (Fsp3) is 0.462. The molecule has 106 valence electrons. The Kier molecular flexibility index (Phi) is 5.92. The first-order valence-electron chi connectivity index (χ1n) is 6.17. The summed E-state index contributed by atoms with van der Waals surface area (Å²) in [6.07, 6.45) is 1.54. The molecule has 0 aliphatic carbocycles. The highest BCUT2D eigenvalue weighted by Crippen LogP contribution is 2.37. The zero-order valence-corrected chi connectivity index (χ0v) is 11.7. The van der Waals surface area contributed by atoms with Crippen LogP contribution in [0.1, 0.15) is 19.8 Å². The first-order valence-corrected chi connectivity index (χ1v) is 6.17. The molecule has 1 atom stereocenters. The fourth-order valence-electron chi connectivity index (χ4n) is 1.84. The Morgan fingerprint density at radius 2 is 2.16 bits per heavy atom. The smallest absolute Gasteiger partial charge is 0.241 e. The summed E-state index contributed by atoms with van der Waals surface area (Å²) in [7, 11) is 0. The second-order valence-electron chi connectivity index (χ2n) is 4.21. The van der Waals surface area contributed by atoms with E-state index in [1.54, 1.807) is 6.07 Å². The summed E-state index contributed by atoms with van der Waals surface area (Å²) in [6.45, 7) is 3.01. The Balaban J connectivity index is 0.00000180. The second kappa shape index (κ2) is 7.21. The minimum absolute atomic E-state index is 0. The normalized spacial score (nSPS) is 14.2.